The first-order valence-electron chi connectivity index (χ1n) is 15.3. The van der Waals surface area contributed by atoms with Gasteiger partial charge in [-0.1, -0.05) is 152 Å². The molecule has 1 N–H and O–H groups in total. The first-order chi connectivity index (χ1) is 21.8. The van der Waals surface area contributed by atoms with Gasteiger partial charge < -0.3 is 5.32 Å². The zero-order valence-electron chi connectivity index (χ0n) is 24.2. The largest absolute Gasteiger partial charge is 0.355 e. The minimum absolute atomic E-state index is 0.391. The number of hydrogen-bond acceptors (Lipinski definition) is 1. The van der Waals surface area contributed by atoms with Crippen LogP contribution in [0.4, 0.5) is 11.4 Å². The second-order valence-electron chi connectivity index (χ2n) is 11.7. The highest BCUT2D eigenvalue weighted by Gasteiger charge is 2.52. The highest BCUT2D eigenvalue weighted by atomic mass is 14.9. The van der Waals surface area contributed by atoms with Crippen molar-refractivity contribution in [2.75, 3.05) is 5.32 Å². The minimum atomic E-state index is -0.391. The van der Waals surface area contributed by atoms with Crippen LogP contribution in [0.15, 0.2) is 170 Å². The number of nitrogens with one attached hydrogen (secondary N) is 1. The van der Waals surface area contributed by atoms with E-state index in [1.54, 1.807) is 0 Å². The van der Waals surface area contributed by atoms with Crippen molar-refractivity contribution in [3.8, 4) is 44.5 Å². The molecule has 206 valence electrons. The summed E-state index contributed by atoms with van der Waals surface area (Å²) in [5, 5.41) is 3.82. The van der Waals surface area contributed by atoms with Gasteiger partial charge in [-0.15, -0.1) is 0 Å². The maximum absolute atomic E-state index is 3.82. The van der Waals surface area contributed by atoms with Gasteiger partial charge in [0, 0.05) is 16.9 Å². The van der Waals surface area contributed by atoms with Gasteiger partial charge >= 0.3 is 0 Å². The van der Waals surface area contributed by atoms with Crippen molar-refractivity contribution in [3.63, 3.8) is 0 Å². The number of benzene rings is 7. The third-order valence-electron chi connectivity index (χ3n) is 9.49. The topological polar surface area (TPSA) is 12.0 Å². The van der Waals surface area contributed by atoms with Crippen molar-refractivity contribution >= 4 is 11.4 Å². The van der Waals surface area contributed by atoms with Crippen LogP contribution in [0.25, 0.3) is 44.5 Å². The van der Waals surface area contributed by atoms with Crippen molar-refractivity contribution in [1.29, 1.82) is 0 Å². The normalized spacial score (nSPS) is 15.4. The number of anilines is 2. The second kappa shape index (κ2) is 9.69. The summed E-state index contributed by atoms with van der Waals surface area (Å²) in [5.41, 5.74) is 17.4. The molecule has 7 aromatic rings. The molecular formula is C43H29N. The van der Waals surface area contributed by atoms with Crippen LogP contribution in [0, 0.1) is 0 Å². The van der Waals surface area contributed by atoms with Crippen molar-refractivity contribution < 1.29 is 0 Å². The molecule has 0 amide bonds. The fourth-order valence-corrected chi connectivity index (χ4v) is 7.73. The van der Waals surface area contributed by atoms with Crippen LogP contribution in [0.5, 0.6) is 0 Å². The lowest BCUT2D eigenvalue weighted by Gasteiger charge is -2.30. The predicted octanol–water partition coefficient (Wildman–Crippen LogP) is 11.1. The fourth-order valence-electron chi connectivity index (χ4n) is 7.73. The quantitative estimate of drug-likeness (QED) is 0.226. The van der Waals surface area contributed by atoms with E-state index >= 15 is 0 Å². The third kappa shape index (κ3) is 3.47. The van der Waals surface area contributed by atoms with E-state index < -0.39 is 5.41 Å². The van der Waals surface area contributed by atoms with Gasteiger partial charge in [-0.25, -0.2) is 0 Å². The van der Waals surface area contributed by atoms with Crippen molar-refractivity contribution in [2.24, 2.45) is 0 Å². The summed E-state index contributed by atoms with van der Waals surface area (Å²) in [6, 6.07) is 61.9. The van der Waals surface area contributed by atoms with Gasteiger partial charge in [0.1, 0.15) is 0 Å². The first kappa shape index (κ1) is 24.9. The van der Waals surface area contributed by atoms with Gasteiger partial charge in [-0.3, -0.25) is 0 Å². The predicted molar refractivity (Wildman–Crippen MR) is 183 cm³/mol. The minimum Gasteiger partial charge on any atom is -0.355 e. The Morgan fingerprint density at radius 1 is 0.318 bits per heavy atom. The molecule has 0 saturated heterocycles. The molecule has 0 aromatic heterocycles. The summed E-state index contributed by atoms with van der Waals surface area (Å²) in [5.74, 6) is 0. The van der Waals surface area contributed by atoms with E-state index in [1.807, 2.05) is 0 Å². The molecule has 9 rings (SSSR count). The standard InChI is InChI=1S/C43H29N/c1-3-13-29(14-4-1)30-25-27-32(28-26-30)44-40-24-12-23-39-42(40)35-18-8-10-21-37(35)43(39)36-20-9-7-17-34(36)41-33(19-11-22-38(41)43)31-15-5-2-6-16-31/h1-28,44H. The van der Waals surface area contributed by atoms with E-state index in [-0.39, 0.29) is 0 Å². The number of rotatable bonds is 4. The van der Waals surface area contributed by atoms with Crippen LogP contribution in [-0.4, -0.2) is 0 Å². The molecule has 1 unspecified atom stereocenters. The van der Waals surface area contributed by atoms with Crippen LogP contribution in [-0.2, 0) is 5.41 Å². The lowest BCUT2D eigenvalue weighted by Crippen LogP contribution is -2.25. The zero-order chi connectivity index (χ0) is 29.1. The Bertz CT molecular complexity index is 2180. The monoisotopic (exact) mass is 559 g/mol. The molecule has 2 aliphatic carbocycles. The Morgan fingerprint density at radius 2 is 0.795 bits per heavy atom. The van der Waals surface area contributed by atoms with Gasteiger partial charge in [0.25, 0.3) is 0 Å². The average molecular weight is 560 g/mol. The van der Waals surface area contributed by atoms with Gasteiger partial charge in [0.15, 0.2) is 0 Å². The highest BCUT2D eigenvalue weighted by molar-refractivity contribution is 6.02. The summed E-state index contributed by atoms with van der Waals surface area (Å²) in [6.45, 7) is 0. The Kier molecular flexibility index (Phi) is 5.48. The zero-order valence-corrected chi connectivity index (χ0v) is 24.2. The Labute approximate surface area is 258 Å². The Balaban J connectivity index is 1.26. The van der Waals surface area contributed by atoms with Gasteiger partial charge in [0.2, 0.25) is 0 Å². The molecule has 2 aliphatic rings. The lowest BCUT2D eigenvalue weighted by molar-refractivity contribution is 0.794. The van der Waals surface area contributed by atoms with E-state index in [1.165, 1.54) is 66.8 Å². The van der Waals surface area contributed by atoms with Gasteiger partial charge in [0.05, 0.1) is 5.41 Å². The molecule has 0 bridgehead atoms. The second-order valence-corrected chi connectivity index (χ2v) is 11.7. The molecule has 44 heavy (non-hydrogen) atoms. The van der Waals surface area contributed by atoms with Crippen LogP contribution in [0.2, 0.25) is 0 Å². The smallest absolute Gasteiger partial charge is 0.0726 e. The molecular weight excluding hydrogens is 530 g/mol. The molecule has 0 radical (unpaired) electrons. The third-order valence-corrected chi connectivity index (χ3v) is 9.49. The lowest BCUT2D eigenvalue weighted by atomic mass is 9.70. The summed E-state index contributed by atoms with van der Waals surface area (Å²) in [7, 11) is 0. The molecule has 7 aromatic carbocycles. The van der Waals surface area contributed by atoms with Crippen molar-refractivity contribution in [3.05, 3.63) is 192 Å². The van der Waals surface area contributed by atoms with E-state index in [4.69, 9.17) is 0 Å². The van der Waals surface area contributed by atoms with E-state index in [0.29, 0.717) is 0 Å². The molecule has 0 fully saturated rings. The molecule has 0 saturated carbocycles. The fraction of sp³-hybridized carbons (Fsp3) is 0.0233. The number of fused-ring (bicyclic) bond motifs is 10. The van der Waals surface area contributed by atoms with Crippen LogP contribution < -0.4 is 5.32 Å². The molecule has 0 heterocycles. The van der Waals surface area contributed by atoms with Gasteiger partial charge in [-0.2, -0.15) is 0 Å². The Morgan fingerprint density at radius 3 is 1.48 bits per heavy atom. The molecule has 0 aliphatic heterocycles. The average Bonchev–Trinajstić information content (AvgIpc) is 3.58. The molecule has 1 nitrogen and oxygen atoms in total. The van der Waals surface area contributed by atoms with E-state index in [9.17, 15) is 0 Å². The first-order valence-corrected chi connectivity index (χ1v) is 15.3. The summed E-state index contributed by atoms with van der Waals surface area (Å²) in [4.78, 5) is 0. The molecule has 1 atom stereocenters. The molecule has 1 heteroatoms. The summed E-state index contributed by atoms with van der Waals surface area (Å²) >= 11 is 0. The van der Waals surface area contributed by atoms with E-state index in [2.05, 4.69) is 175 Å². The Hall–Kier alpha value is -5.66. The summed E-state index contributed by atoms with van der Waals surface area (Å²) < 4.78 is 0. The maximum Gasteiger partial charge on any atom is 0.0726 e. The van der Waals surface area contributed by atoms with Crippen LogP contribution in [0.3, 0.4) is 0 Å². The number of hydrogen-bond donors (Lipinski definition) is 1. The van der Waals surface area contributed by atoms with Crippen LogP contribution in [0.1, 0.15) is 22.3 Å². The van der Waals surface area contributed by atoms with Crippen molar-refractivity contribution in [1.82, 2.24) is 0 Å². The SMILES string of the molecule is c1ccc(-c2ccc(Nc3cccc4c3-c3ccccc3C43c4ccccc4-c4c(-c5ccccc5)cccc43)cc2)cc1. The van der Waals surface area contributed by atoms with Gasteiger partial charge in [-0.05, 0) is 79.4 Å². The van der Waals surface area contributed by atoms with Crippen LogP contribution >= 0.6 is 0 Å². The van der Waals surface area contributed by atoms with E-state index in [0.717, 1.165) is 11.4 Å². The highest BCUT2D eigenvalue weighted by Crippen LogP contribution is 2.65. The molecule has 1 spiro atoms. The maximum atomic E-state index is 3.82. The van der Waals surface area contributed by atoms with Crippen molar-refractivity contribution in [2.45, 2.75) is 5.41 Å². The summed E-state index contributed by atoms with van der Waals surface area (Å²) in [6.07, 6.45) is 0.